The zero-order chi connectivity index (χ0) is 20.2. The van der Waals surface area contributed by atoms with E-state index >= 15 is 0 Å². The summed E-state index contributed by atoms with van der Waals surface area (Å²) >= 11 is 0. The molecule has 29 heavy (non-hydrogen) atoms. The van der Waals surface area contributed by atoms with Crippen molar-refractivity contribution in [3.05, 3.63) is 59.4 Å². The number of nitriles is 1. The highest BCUT2D eigenvalue weighted by Crippen LogP contribution is 2.30. The lowest BCUT2D eigenvalue weighted by Gasteiger charge is -2.09. The third-order valence-corrected chi connectivity index (χ3v) is 4.75. The second kappa shape index (κ2) is 8.07. The van der Waals surface area contributed by atoms with Crippen molar-refractivity contribution in [3.8, 4) is 11.8 Å². The van der Waals surface area contributed by atoms with Crippen molar-refractivity contribution in [2.75, 3.05) is 18.5 Å². The van der Waals surface area contributed by atoms with Gasteiger partial charge in [-0.25, -0.2) is 4.79 Å². The van der Waals surface area contributed by atoms with Gasteiger partial charge in [-0.2, -0.15) is 5.26 Å². The lowest BCUT2D eigenvalue weighted by molar-refractivity contribution is -0.149. The molecule has 1 amide bonds. The molecule has 1 aliphatic rings. The first-order chi connectivity index (χ1) is 14.1. The summed E-state index contributed by atoms with van der Waals surface area (Å²) < 4.78 is 15.8. The van der Waals surface area contributed by atoms with E-state index in [1.807, 2.05) is 24.3 Å². The third-order valence-electron chi connectivity index (χ3n) is 4.75. The average Bonchev–Trinajstić information content (AvgIpc) is 3.35. The SMILES string of the molecule is N#Cc1oc2ccccc2c1NC(=O)COC(=O)COc1ccc2c(c1)CCC2. The molecule has 0 fully saturated rings. The van der Waals surface area contributed by atoms with Crippen molar-refractivity contribution >= 4 is 28.5 Å². The van der Waals surface area contributed by atoms with Crippen LogP contribution >= 0.6 is 0 Å². The number of benzene rings is 2. The predicted octanol–water partition coefficient (Wildman–Crippen LogP) is 3.35. The van der Waals surface area contributed by atoms with E-state index in [2.05, 4.69) is 5.32 Å². The number of nitrogens with zero attached hydrogens (tertiary/aromatic N) is 1. The molecule has 0 aliphatic heterocycles. The van der Waals surface area contributed by atoms with E-state index < -0.39 is 18.5 Å². The number of aryl methyl sites for hydroxylation is 2. The largest absolute Gasteiger partial charge is 0.482 e. The number of esters is 1. The van der Waals surface area contributed by atoms with Gasteiger partial charge < -0.3 is 19.2 Å². The number of carbonyl (C=O) groups is 2. The van der Waals surface area contributed by atoms with Crippen LogP contribution in [0.3, 0.4) is 0 Å². The van der Waals surface area contributed by atoms with E-state index in [1.165, 1.54) is 11.1 Å². The van der Waals surface area contributed by atoms with Crippen LogP contribution in [0.25, 0.3) is 11.0 Å². The van der Waals surface area contributed by atoms with Crippen molar-refractivity contribution in [1.82, 2.24) is 0 Å². The molecule has 7 heteroatoms. The maximum absolute atomic E-state index is 12.1. The number of hydrogen-bond donors (Lipinski definition) is 1. The number of rotatable bonds is 6. The highest BCUT2D eigenvalue weighted by Gasteiger charge is 2.17. The Balaban J connectivity index is 1.30. The molecule has 0 atom stereocenters. The summed E-state index contributed by atoms with van der Waals surface area (Å²) in [6, 6.07) is 14.6. The summed E-state index contributed by atoms with van der Waals surface area (Å²) in [5.41, 5.74) is 3.31. The maximum Gasteiger partial charge on any atom is 0.344 e. The molecule has 4 rings (SSSR count). The highest BCUT2D eigenvalue weighted by atomic mass is 16.6. The first kappa shape index (κ1) is 18.6. The second-order valence-corrected chi connectivity index (χ2v) is 6.70. The number of ether oxygens (including phenoxy) is 2. The number of carbonyl (C=O) groups excluding carboxylic acids is 2. The first-order valence-corrected chi connectivity index (χ1v) is 9.26. The van der Waals surface area contributed by atoms with E-state index in [9.17, 15) is 14.9 Å². The predicted molar refractivity (Wildman–Crippen MR) is 104 cm³/mol. The van der Waals surface area contributed by atoms with Crippen LogP contribution in [0.1, 0.15) is 23.3 Å². The molecule has 2 aromatic carbocycles. The lowest BCUT2D eigenvalue weighted by atomic mass is 10.1. The van der Waals surface area contributed by atoms with Crippen molar-refractivity contribution in [3.63, 3.8) is 0 Å². The van der Waals surface area contributed by atoms with E-state index in [0.29, 0.717) is 16.7 Å². The number of anilines is 1. The minimum Gasteiger partial charge on any atom is -0.482 e. The van der Waals surface area contributed by atoms with Gasteiger partial charge >= 0.3 is 5.97 Å². The van der Waals surface area contributed by atoms with Crippen LogP contribution in [-0.4, -0.2) is 25.1 Å². The Hall–Kier alpha value is -3.79. The van der Waals surface area contributed by atoms with Gasteiger partial charge in [-0.3, -0.25) is 4.79 Å². The van der Waals surface area contributed by atoms with Crippen LogP contribution in [0.15, 0.2) is 46.9 Å². The van der Waals surface area contributed by atoms with Crippen LogP contribution in [0, 0.1) is 11.3 Å². The van der Waals surface area contributed by atoms with Crippen molar-refractivity contribution in [1.29, 1.82) is 5.26 Å². The quantitative estimate of drug-likeness (QED) is 0.648. The summed E-state index contributed by atoms with van der Waals surface area (Å²) in [5.74, 6) is -0.626. The number of fused-ring (bicyclic) bond motifs is 2. The van der Waals surface area contributed by atoms with Gasteiger partial charge in [0.05, 0.1) is 0 Å². The summed E-state index contributed by atoms with van der Waals surface area (Å²) in [7, 11) is 0. The van der Waals surface area contributed by atoms with Crippen LogP contribution in [0.4, 0.5) is 5.69 Å². The molecule has 1 N–H and O–H groups in total. The first-order valence-electron chi connectivity index (χ1n) is 9.26. The Morgan fingerprint density at radius 1 is 1.10 bits per heavy atom. The Morgan fingerprint density at radius 3 is 2.79 bits per heavy atom. The van der Waals surface area contributed by atoms with Gasteiger partial charge in [-0.15, -0.1) is 0 Å². The number of furan rings is 1. The Morgan fingerprint density at radius 2 is 1.93 bits per heavy atom. The molecule has 7 nitrogen and oxygen atoms in total. The summed E-state index contributed by atoms with van der Waals surface area (Å²) in [6.45, 7) is -0.777. The zero-order valence-corrected chi connectivity index (χ0v) is 15.6. The molecular formula is C22H18N2O5. The van der Waals surface area contributed by atoms with Crippen molar-refractivity contribution in [2.24, 2.45) is 0 Å². The standard InChI is InChI=1S/C22H18N2O5/c23-11-19-22(17-6-1-2-7-18(17)29-19)24-20(25)12-28-21(26)13-27-16-9-8-14-4-3-5-15(14)10-16/h1-2,6-10H,3-5,12-13H2,(H,24,25). The second-order valence-electron chi connectivity index (χ2n) is 6.70. The summed E-state index contributed by atoms with van der Waals surface area (Å²) in [6.07, 6.45) is 3.23. The normalized spacial score (nSPS) is 12.2. The molecule has 3 aromatic rings. The van der Waals surface area contributed by atoms with Crippen LogP contribution in [0.5, 0.6) is 5.75 Å². The van der Waals surface area contributed by atoms with Crippen LogP contribution in [-0.2, 0) is 27.2 Å². The summed E-state index contributed by atoms with van der Waals surface area (Å²) in [4.78, 5) is 24.0. The molecule has 146 valence electrons. The van der Waals surface area contributed by atoms with Gasteiger partial charge in [0.1, 0.15) is 23.1 Å². The van der Waals surface area contributed by atoms with E-state index in [1.54, 1.807) is 24.3 Å². The van der Waals surface area contributed by atoms with Gasteiger partial charge in [0.25, 0.3) is 5.91 Å². The molecule has 0 saturated carbocycles. The smallest absolute Gasteiger partial charge is 0.344 e. The van der Waals surface area contributed by atoms with E-state index in [4.69, 9.17) is 13.9 Å². The molecular weight excluding hydrogens is 372 g/mol. The van der Waals surface area contributed by atoms with Crippen molar-refractivity contribution in [2.45, 2.75) is 19.3 Å². The molecule has 0 spiro atoms. The molecule has 0 saturated heterocycles. The number of nitrogens with one attached hydrogen (secondary N) is 1. The fourth-order valence-electron chi connectivity index (χ4n) is 3.39. The van der Waals surface area contributed by atoms with Crippen LogP contribution in [0.2, 0.25) is 0 Å². The van der Waals surface area contributed by atoms with E-state index in [0.717, 1.165) is 19.3 Å². The summed E-state index contributed by atoms with van der Waals surface area (Å²) in [5, 5.41) is 12.4. The Kier molecular flexibility index (Phi) is 5.16. The van der Waals surface area contributed by atoms with Crippen molar-refractivity contribution < 1.29 is 23.5 Å². The molecule has 1 aromatic heterocycles. The van der Waals surface area contributed by atoms with E-state index in [-0.39, 0.29) is 18.1 Å². The van der Waals surface area contributed by atoms with Gasteiger partial charge in [0.2, 0.25) is 5.76 Å². The Labute approximate surface area is 166 Å². The molecule has 1 heterocycles. The van der Waals surface area contributed by atoms with Gasteiger partial charge in [0, 0.05) is 5.39 Å². The van der Waals surface area contributed by atoms with Gasteiger partial charge in [-0.1, -0.05) is 18.2 Å². The monoisotopic (exact) mass is 390 g/mol. The minimum absolute atomic E-state index is 0.00850. The van der Waals surface area contributed by atoms with Gasteiger partial charge in [0.15, 0.2) is 13.2 Å². The highest BCUT2D eigenvalue weighted by molar-refractivity contribution is 6.03. The third kappa shape index (κ3) is 4.06. The number of para-hydroxylation sites is 1. The zero-order valence-electron chi connectivity index (χ0n) is 15.6. The topological polar surface area (TPSA) is 102 Å². The molecule has 1 aliphatic carbocycles. The Bertz CT molecular complexity index is 1130. The number of amides is 1. The number of hydrogen-bond acceptors (Lipinski definition) is 6. The molecule has 0 bridgehead atoms. The molecule has 0 unspecified atom stereocenters. The maximum atomic E-state index is 12.1. The van der Waals surface area contributed by atoms with Gasteiger partial charge in [-0.05, 0) is 54.7 Å². The molecule has 0 radical (unpaired) electrons. The van der Waals surface area contributed by atoms with Crippen LogP contribution < -0.4 is 10.1 Å². The fourth-order valence-corrected chi connectivity index (χ4v) is 3.39. The lowest BCUT2D eigenvalue weighted by Crippen LogP contribution is -2.23. The minimum atomic E-state index is -0.654. The fraction of sp³-hybridized carbons (Fsp3) is 0.227. The average molecular weight is 390 g/mol.